The molecule has 0 aliphatic carbocycles. The van der Waals surface area contributed by atoms with Crippen LogP contribution in [0.15, 0.2) is 84.0 Å². The number of esters is 1. The fourth-order valence-electron chi connectivity index (χ4n) is 3.40. The molecule has 0 aliphatic rings. The molecular formula is C27H20Cl2N2O4. The van der Waals surface area contributed by atoms with Crippen molar-refractivity contribution in [3.05, 3.63) is 106 Å². The van der Waals surface area contributed by atoms with Gasteiger partial charge in [0.05, 0.1) is 23.4 Å². The van der Waals surface area contributed by atoms with Gasteiger partial charge < -0.3 is 9.47 Å². The number of benzene rings is 4. The lowest BCUT2D eigenvalue weighted by Gasteiger charge is -2.11. The minimum atomic E-state index is -0.643. The van der Waals surface area contributed by atoms with Gasteiger partial charge in [0.25, 0.3) is 5.91 Å². The number of nitrogens with zero attached hydrogens (tertiary/aromatic N) is 1. The zero-order valence-electron chi connectivity index (χ0n) is 18.6. The summed E-state index contributed by atoms with van der Waals surface area (Å²) in [6.07, 6.45) is 1.45. The van der Waals surface area contributed by atoms with Crippen LogP contribution in [0.1, 0.15) is 33.2 Å². The van der Waals surface area contributed by atoms with Gasteiger partial charge in [-0.3, -0.25) is 4.79 Å². The van der Waals surface area contributed by atoms with Crippen molar-refractivity contribution in [3.8, 4) is 11.5 Å². The van der Waals surface area contributed by atoms with Gasteiger partial charge in [-0.1, -0.05) is 53.5 Å². The highest BCUT2D eigenvalue weighted by Gasteiger charge is 2.16. The van der Waals surface area contributed by atoms with E-state index in [1.54, 1.807) is 36.4 Å². The van der Waals surface area contributed by atoms with Gasteiger partial charge >= 0.3 is 5.97 Å². The lowest BCUT2D eigenvalue weighted by atomic mass is 10.0. The molecule has 0 bridgehead atoms. The fraction of sp³-hybridized carbons (Fsp3) is 0.0741. The minimum Gasteiger partial charge on any atom is -0.494 e. The monoisotopic (exact) mass is 506 g/mol. The largest absolute Gasteiger partial charge is 0.494 e. The molecule has 0 unspecified atom stereocenters. The van der Waals surface area contributed by atoms with Gasteiger partial charge in [0.15, 0.2) is 0 Å². The van der Waals surface area contributed by atoms with Crippen LogP contribution >= 0.6 is 23.2 Å². The molecular weight excluding hydrogens is 487 g/mol. The Balaban J connectivity index is 1.59. The first-order valence-electron chi connectivity index (χ1n) is 10.7. The molecule has 0 atom stereocenters. The maximum absolute atomic E-state index is 12.8. The minimum absolute atomic E-state index is 0.177. The Labute approximate surface area is 212 Å². The maximum Gasteiger partial charge on any atom is 0.345 e. The van der Waals surface area contributed by atoms with Crippen molar-refractivity contribution in [2.75, 3.05) is 6.61 Å². The highest BCUT2D eigenvalue weighted by molar-refractivity contribution is 6.36. The summed E-state index contributed by atoms with van der Waals surface area (Å²) in [5, 5.41) is 6.40. The summed E-state index contributed by atoms with van der Waals surface area (Å²) >= 11 is 12.1. The van der Waals surface area contributed by atoms with Gasteiger partial charge in [0.2, 0.25) is 0 Å². The first kappa shape index (κ1) is 24.3. The summed E-state index contributed by atoms with van der Waals surface area (Å²) < 4.78 is 11.0. The predicted molar refractivity (Wildman–Crippen MR) is 138 cm³/mol. The van der Waals surface area contributed by atoms with Crippen LogP contribution in [0.4, 0.5) is 0 Å². The molecule has 176 valence electrons. The summed E-state index contributed by atoms with van der Waals surface area (Å²) in [5.41, 5.74) is 3.63. The van der Waals surface area contributed by atoms with Crippen LogP contribution in [-0.4, -0.2) is 24.7 Å². The Morgan fingerprint density at radius 3 is 2.49 bits per heavy atom. The molecule has 35 heavy (non-hydrogen) atoms. The summed E-state index contributed by atoms with van der Waals surface area (Å²) in [6.45, 7) is 2.43. The zero-order chi connectivity index (χ0) is 24.8. The van der Waals surface area contributed by atoms with Gasteiger partial charge in [-0.25, -0.2) is 10.2 Å². The first-order chi connectivity index (χ1) is 17.0. The standard InChI is InChI=1S/C27H20Cl2N2O4/c1-2-34-20-11-7-18(8-12-20)26(32)31-30-16-23-21-6-4-3-5-17(21)9-14-25(23)35-27(33)22-13-10-19(28)15-24(22)29/h3-16H,2H2,1H3,(H,31,32)/b30-16+. The average Bonchev–Trinajstić information content (AvgIpc) is 2.85. The van der Waals surface area contributed by atoms with Crippen LogP contribution in [0.3, 0.4) is 0 Å². The molecule has 4 aromatic rings. The summed E-state index contributed by atoms with van der Waals surface area (Å²) in [5.74, 6) is -0.0969. The number of hydrogen-bond acceptors (Lipinski definition) is 5. The Hall–Kier alpha value is -3.87. The van der Waals surface area contributed by atoms with Crippen molar-refractivity contribution in [1.82, 2.24) is 5.43 Å². The second kappa shape index (κ2) is 11.0. The number of carbonyl (C=O) groups is 2. The van der Waals surface area contributed by atoms with Crippen molar-refractivity contribution in [3.63, 3.8) is 0 Å². The zero-order valence-corrected chi connectivity index (χ0v) is 20.1. The second-order valence-corrected chi connectivity index (χ2v) is 8.21. The molecule has 1 amide bonds. The van der Waals surface area contributed by atoms with Crippen LogP contribution < -0.4 is 14.9 Å². The van der Waals surface area contributed by atoms with Crippen molar-refractivity contribution >= 4 is 52.1 Å². The van der Waals surface area contributed by atoms with Crippen LogP contribution in [0.25, 0.3) is 10.8 Å². The second-order valence-electron chi connectivity index (χ2n) is 7.37. The third kappa shape index (κ3) is 5.80. The Morgan fingerprint density at radius 2 is 1.74 bits per heavy atom. The predicted octanol–water partition coefficient (Wildman–Crippen LogP) is 6.53. The number of hydrogen-bond donors (Lipinski definition) is 1. The SMILES string of the molecule is CCOc1ccc(C(=O)N/N=C/c2c(OC(=O)c3ccc(Cl)cc3Cl)ccc3ccccc23)cc1. The van der Waals surface area contributed by atoms with E-state index in [0.29, 0.717) is 28.5 Å². The van der Waals surface area contributed by atoms with Crippen molar-refractivity contribution in [2.45, 2.75) is 6.92 Å². The molecule has 4 rings (SSSR count). The summed E-state index contributed by atoms with van der Waals surface area (Å²) in [4.78, 5) is 25.3. The maximum atomic E-state index is 12.8. The van der Waals surface area contributed by atoms with E-state index in [1.807, 2.05) is 37.3 Å². The van der Waals surface area contributed by atoms with E-state index in [1.165, 1.54) is 18.3 Å². The van der Waals surface area contributed by atoms with Gasteiger partial charge in [0, 0.05) is 16.1 Å². The number of hydrazone groups is 1. The van der Waals surface area contributed by atoms with Crippen LogP contribution in [0.5, 0.6) is 11.5 Å². The summed E-state index contributed by atoms with van der Waals surface area (Å²) in [7, 11) is 0. The summed E-state index contributed by atoms with van der Waals surface area (Å²) in [6, 6.07) is 22.3. The smallest absolute Gasteiger partial charge is 0.345 e. The molecule has 6 nitrogen and oxygen atoms in total. The number of nitrogens with one attached hydrogen (secondary N) is 1. The molecule has 0 aromatic heterocycles. The molecule has 0 heterocycles. The number of fused-ring (bicyclic) bond motifs is 1. The lowest BCUT2D eigenvalue weighted by molar-refractivity contribution is 0.0734. The van der Waals surface area contributed by atoms with Gasteiger partial charge in [0.1, 0.15) is 11.5 Å². The highest BCUT2D eigenvalue weighted by atomic mass is 35.5. The molecule has 8 heteroatoms. The van der Waals surface area contributed by atoms with E-state index in [-0.39, 0.29) is 16.3 Å². The van der Waals surface area contributed by atoms with E-state index in [0.717, 1.165) is 10.8 Å². The molecule has 4 aromatic carbocycles. The number of rotatable bonds is 7. The molecule has 0 spiro atoms. The molecule has 0 aliphatic heterocycles. The Bertz CT molecular complexity index is 1420. The van der Waals surface area contributed by atoms with E-state index >= 15 is 0 Å². The molecule has 0 radical (unpaired) electrons. The third-order valence-electron chi connectivity index (χ3n) is 5.07. The first-order valence-corrected chi connectivity index (χ1v) is 11.5. The van der Waals surface area contributed by atoms with Crippen LogP contribution in [0, 0.1) is 0 Å². The normalized spacial score (nSPS) is 10.9. The molecule has 0 saturated carbocycles. The molecule has 1 N–H and O–H groups in total. The van der Waals surface area contributed by atoms with Crippen LogP contribution in [-0.2, 0) is 0 Å². The lowest BCUT2D eigenvalue weighted by Crippen LogP contribution is -2.17. The topological polar surface area (TPSA) is 77.0 Å². The molecule has 0 fully saturated rings. The highest BCUT2D eigenvalue weighted by Crippen LogP contribution is 2.29. The van der Waals surface area contributed by atoms with Crippen molar-refractivity contribution < 1.29 is 19.1 Å². The van der Waals surface area contributed by atoms with Gasteiger partial charge in [-0.2, -0.15) is 5.10 Å². The van der Waals surface area contributed by atoms with E-state index in [9.17, 15) is 9.59 Å². The number of carbonyl (C=O) groups excluding carboxylic acids is 2. The fourth-order valence-corrected chi connectivity index (χ4v) is 3.88. The molecule has 0 saturated heterocycles. The number of amides is 1. The van der Waals surface area contributed by atoms with E-state index in [4.69, 9.17) is 32.7 Å². The van der Waals surface area contributed by atoms with E-state index < -0.39 is 11.9 Å². The number of ether oxygens (including phenoxy) is 2. The Kier molecular flexibility index (Phi) is 7.65. The van der Waals surface area contributed by atoms with Crippen molar-refractivity contribution in [1.29, 1.82) is 0 Å². The van der Waals surface area contributed by atoms with Crippen molar-refractivity contribution in [2.24, 2.45) is 5.10 Å². The average molecular weight is 507 g/mol. The van der Waals surface area contributed by atoms with Gasteiger partial charge in [-0.05, 0) is 66.2 Å². The number of halogens is 2. The van der Waals surface area contributed by atoms with Gasteiger partial charge in [-0.15, -0.1) is 0 Å². The Morgan fingerprint density at radius 1 is 0.971 bits per heavy atom. The van der Waals surface area contributed by atoms with Crippen LogP contribution in [0.2, 0.25) is 10.0 Å². The quantitative estimate of drug-likeness (QED) is 0.134. The van der Waals surface area contributed by atoms with E-state index in [2.05, 4.69) is 10.5 Å². The third-order valence-corrected chi connectivity index (χ3v) is 5.62.